The number of esters is 1. The summed E-state index contributed by atoms with van der Waals surface area (Å²) >= 11 is 0. The summed E-state index contributed by atoms with van der Waals surface area (Å²) in [6.45, 7) is 7.46. The smallest absolute Gasteiger partial charge is 0.389 e. The molecule has 1 heterocycles. The Hall–Kier alpha value is -3.31. The third kappa shape index (κ3) is 10.7. The van der Waals surface area contributed by atoms with Gasteiger partial charge in [0.1, 0.15) is 5.75 Å². The Balaban J connectivity index is 2.15. The number of alkyl halides is 3. The van der Waals surface area contributed by atoms with Gasteiger partial charge in [-0.1, -0.05) is 44.7 Å². The molecule has 224 valence electrons. The van der Waals surface area contributed by atoms with Crippen molar-refractivity contribution in [3.05, 3.63) is 50.7 Å². The molecule has 2 rings (SSSR count). The summed E-state index contributed by atoms with van der Waals surface area (Å²) in [6, 6.07) is 7.11. The number of benzene rings is 1. The van der Waals surface area contributed by atoms with E-state index in [0.717, 1.165) is 40.5 Å². The van der Waals surface area contributed by atoms with Crippen LogP contribution in [-0.4, -0.2) is 45.2 Å². The molecule has 0 spiro atoms. The van der Waals surface area contributed by atoms with Crippen LogP contribution in [0.25, 0.3) is 0 Å². The first-order valence-electron chi connectivity index (χ1n) is 13.9. The van der Waals surface area contributed by atoms with E-state index in [2.05, 4.69) is 17.3 Å². The van der Waals surface area contributed by atoms with Crippen LogP contribution >= 0.6 is 0 Å². The number of carbonyl (C=O) groups excluding carboxylic acids is 1. The summed E-state index contributed by atoms with van der Waals surface area (Å²) in [4.78, 5) is 38.1. The zero-order valence-electron chi connectivity index (χ0n) is 23.8. The Morgan fingerprint density at radius 1 is 1.02 bits per heavy atom. The van der Waals surface area contributed by atoms with Crippen LogP contribution in [0.4, 0.5) is 19.0 Å². The van der Waals surface area contributed by atoms with Crippen molar-refractivity contribution in [2.24, 2.45) is 0 Å². The van der Waals surface area contributed by atoms with E-state index in [0.29, 0.717) is 18.6 Å². The Kier molecular flexibility index (Phi) is 12.7. The van der Waals surface area contributed by atoms with Crippen molar-refractivity contribution in [2.45, 2.75) is 104 Å². The largest absolute Gasteiger partial charge is 0.476 e. The first kappa shape index (κ1) is 32.9. The average Bonchev–Trinajstić information content (AvgIpc) is 2.87. The minimum atomic E-state index is -4.35. The molecule has 0 bridgehead atoms. The molecule has 2 aromatic rings. The molecule has 0 atom stereocenters. The van der Waals surface area contributed by atoms with E-state index in [1.165, 1.54) is 0 Å². The predicted molar refractivity (Wildman–Crippen MR) is 147 cm³/mol. The fraction of sp³-hybridized carbons (Fsp3) is 0.643. The summed E-state index contributed by atoms with van der Waals surface area (Å²) < 4.78 is 50.9. The van der Waals surface area contributed by atoms with Gasteiger partial charge in [0, 0.05) is 26.1 Å². The van der Waals surface area contributed by atoms with Crippen LogP contribution in [0.5, 0.6) is 5.75 Å². The molecule has 0 saturated carbocycles. The molecule has 1 aromatic carbocycles. The number of rotatable bonds is 17. The fourth-order valence-electron chi connectivity index (χ4n) is 4.05. The monoisotopic (exact) mass is 570 g/mol. The highest BCUT2D eigenvalue weighted by Crippen LogP contribution is 2.22. The molecular formula is C28H41F3N4O5. The number of nitrogens with zero attached hydrogens (tertiary/aromatic N) is 3. The number of ether oxygens (including phenoxy) is 2. The number of aryl methyl sites for hydroxylation is 1. The standard InChI is InChI=1S/C28H41F3N4O5/c1-5-7-8-9-10-18-34-24(36)23(33-35(26(34)38)19-12-16-28(29,30)31)32-17-15-21-13-11-14-22(20-21)40-27(3,4)25(37)39-6-2/h11,13-14,20H,5-10,12,15-19H2,1-4H3,(H,32,33). The normalized spacial score (nSPS) is 11.9. The summed E-state index contributed by atoms with van der Waals surface area (Å²) in [5.74, 6) is -0.103. The SMILES string of the molecule is CCCCCCCn1c(=O)c(NCCc2cccc(OC(C)(C)C(=O)OCC)c2)nn(CCCC(F)(F)F)c1=O. The van der Waals surface area contributed by atoms with Gasteiger partial charge in [0.05, 0.1) is 6.61 Å². The van der Waals surface area contributed by atoms with Crippen molar-refractivity contribution in [3.63, 3.8) is 0 Å². The third-order valence-corrected chi connectivity index (χ3v) is 6.18. The number of aromatic nitrogens is 3. The molecular weight excluding hydrogens is 529 g/mol. The number of hydrogen-bond acceptors (Lipinski definition) is 7. The number of halogens is 3. The van der Waals surface area contributed by atoms with E-state index in [1.54, 1.807) is 39.0 Å². The number of nitrogens with one attached hydrogen (secondary N) is 1. The third-order valence-electron chi connectivity index (χ3n) is 6.18. The molecule has 40 heavy (non-hydrogen) atoms. The molecule has 1 N–H and O–H groups in total. The second-order valence-corrected chi connectivity index (χ2v) is 10.1. The Morgan fingerprint density at radius 2 is 1.75 bits per heavy atom. The zero-order chi connectivity index (χ0) is 29.8. The molecule has 0 unspecified atom stereocenters. The lowest BCUT2D eigenvalue weighted by atomic mass is 10.1. The van der Waals surface area contributed by atoms with Crippen molar-refractivity contribution in [2.75, 3.05) is 18.5 Å². The maximum absolute atomic E-state index is 13.0. The topological polar surface area (TPSA) is 104 Å². The van der Waals surface area contributed by atoms with Crippen LogP contribution in [-0.2, 0) is 29.0 Å². The van der Waals surface area contributed by atoms with Crippen LogP contribution in [0.1, 0.15) is 78.2 Å². The van der Waals surface area contributed by atoms with Gasteiger partial charge in [-0.3, -0.25) is 9.36 Å². The molecule has 0 aliphatic heterocycles. The van der Waals surface area contributed by atoms with Crippen LogP contribution in [0, 0.1) is 0 Å². The molecule has 0 aliphatic carbocycles. The highest BCUT2D eigenvalue weighted by Gasteiger charge is 2.31. The van der Waals surface area contributed by atoms with E-state index in [4.69, 9.17) is 9.47 Å². The van der Waals surface area contributed by atoms with Gasteiger partial charge in [0.15, 0.2) is 5.60 Å². The van der Waals surface area contributed by atoms with Crippen molar-refractivity contribution in [1.29, 1.82) is 0 Å². The van der Waals surface area contributed by atoms with Gasteiger partial charge in [-0.15, -0.1) is 5.10 Å². The second kappa shape index (κ2) is 15.5. The Morgan fingerprint density at radius 3 is 2.42 bits per heavy atom. The number of carbonyl (C=O) groups is 1. The summed E-state index contributed by atoms with van der Waals surface area (Å²) in [7, 11) is 0. The molecule has 0 aliphatic rings. The number of unbranched alkanes of at least 4 members (excludes halogenated alkanes) is 4. The van der Waals surface area contributed by atoms with Crippen LogP contribution in [0.3, 0.4) is 0 Å². The lowest BCUT2D eigenvalue weighted by molar-refractivity contribution is -0.158. The Labute approximate surface area is 232 Å². The van der Waals surface area contributed by atoms with Crippen LogP contribution in [0.15, 0.2) is 33.9 Å². The van der Waals surface area contributed by atoms with Gasteiger partial charge in [0.2, 0.25) is 5.82 Å². The van der Waals surface area contributed by atoms with Gasteiger partial charge < -0.3 is 14.8 Å². The van der Waals surface area contributed by atoms with Gasteiger partial charge in [-0.2, -0.15) is 13.2 Å². The summed E-state index contributed by atoms with van der Waals surface area (Å²) in [5.41, 5.74) is -1.64. The lowest BCUT2D eigenvalue weighted by Gasteiger charge is -2.24. The summed E-state index contributed by atoms with van der Waals surface area (Å²) in [6.07, 6.45) is -0.753. The summed E-state index contributed by atoms with van der Waals surface area (Å²) in [5, 5.41) is 7.01. The number of hydrogen-bond donors (Lipinski definition) is 1. The van der Waals surface area contributed by atoms with Crippen molar-refractivity contribution in [1.82, 2.24) is 14.3 Å². The van der Waals surface area contributed by atoms with E-state index in [-0.39, 0.29) is 38.5 Å². The van der Waals surface area contributed by atoms with Gasteiger partial charge >= 0.3 is 17.8 Å². The van der Waals surface area contributed by atoms with Crippen molar-refractivity contribution >= 4 is 11.8 Å². The van der Waals surface area contributed by atoms with Gasteiger partial charge in [-0.05, 0) is 57.7 Å². The van der Waals surface area contributed by atoms with E-state index >= 15 is 0 Å². The predicted octanol–water partition coefficient (Wildman–Crippen LogP) is 5.09. The zero-order valence-corrected chi connectivity index (χ0v) is 23.8. The molecule has 0 fully saturated rings. The van der Waals surface area contributed by atoms with Crippen molar-refractivity contribution in [3.8, 4) is 5.75 Å². The van der Waals surface area contributed by atoms with E-state index < -0.39 is 35.4 Å². The molecule has 1 aromatic heterocycles. The van der Waals surface area contributed by atoms with Crippen LogP contribution < -0.4 is 21.3 Å². The molecule has 9 nitrogen and oxygen atoms in total. The minimum absolute atomic E-state index is 0.0870. The van der Waals surface area contributed by atoms with E-state index in [9.17, 15) is 27.6 Å². The molecule has 0 saturated heterocycles. The highest BCUT2D eigenvalue weighted by atomic mass is 19.4. The quantitative estimate of drug-likeness (QED) is 0.209. The van der Waals surface area contributed by atoms with Crippen molar-refractivity contribution < 1.29 is 27.4 Å². The molecule has 0 amide bonds. The minimum Gasteiger partial charge on any atom is -0.476 e. The fourth-order valence-corrected chi connectivity index (χ4v) is 4.05. The number of anilines is 1. The van der Waals surface area contributed by atoms with Gasteiger partial charge in [0.25, 0.3) is 5.56 Å². The maximum Gasteiger partial charge on any atom is 0.389 e. The average molecular weight is 571 g/mol. The van der Waals surface area contributed by atoms with Gasteiger partial charge in [-0.25, -0.2) is 14.3 Å². The second-order valence-electron chi connectivity index (χ2n) is 10.1. The maximum atomic E-state index is 13.0. The first-order chi connectivity index (χ1) is 18.9. The molecule has 12 heteroatoms. The van der Waals surface area contributed by atoms with E-state index in [1.807, 2.05) is 6.07 Å². The lowest BCUT2D eigenvalue weighted by Crippen LogP contribution is -2.43. The molecule has 0 radical (unpaired) electrons. The Bertz CT molecular complexity index is 1210. The highest BCUT2D eigenvalue weighted by molar-refractivity contribution is 5.79. The first-order valence-corrected chi connectivity index (χ1v) is 13.9. The van der Waals surface area contributed by atoms with Crippen LogP contribution in [0.2, 0.25) is 0 Å².